The summed E-state index contributed by atoms with van der Waals surface area (Å²) in [4.78, 5) is 22.3. The number of nitrogens with one attached hydrogen (secondary N) is 1. The largest absolute Gasteiger partial charge is 0.490 e. The fourth-order valence-corrected chi connectivity index (χ4v) is 3.72. The normalized spacial score (nSPS) is 16.6. The van der Waals surface area contributed by atoms with Crippen molar-refractivity contribution in [3.05, 3.63) is 48.2 Å². The summed E-state index contributed by atoms with van der Waals surface area (Å²) >= 11 is 0. The SMILES string of the molecule is CCOc1ccccc1Oc1ccc(CNC(=NC)N2CCCC(CC(N)=O)C2)cn1. The van der Waals surface area contributed by atoms with Crippen LogP contribution in [0.1, 0.15) is 31.7 Å². The second-order valence-corrected chi connectivity index (χ2v) is 7.51. The molecule has 1 amide bonds. The van der Waals surface area contributed by atoms with Gasteiger partial charge in [-0.2, -0.15) is 0 Å². The first kappa shape index (κ1) is 22.4. The van der Waals surface area contributed by atoms with Crippen LogP contribution in [0.5, 0.6) is 17.4 Å². The molecule has 0 aliphatic carbocycles. The average molecular weight is 426 g/mol. The number of ether oxygens (including phenoxy) is 2. The van der Waals surface area contributed by atoms with Gasteiger partial charge in [-0.25, -0.2) is 4.98 Å². The number of carbonyl (C=O) groups excluding carboxylic acids is 1. The molecule has 0 bridgehead atoms. The zero-order valence-corrected chi connectivity index (χ0v) is 18.2. The fraction of sp³-hybridized carbons (Fsp3) is 0.435. The number of amides is 1. The molecule has 166 valence electrons. The molecule has 1 atom stereocenters. The molecule has 1 aromatic heterocycles. The first-order chi connectivity index (χ1) is 15.1. The third-order valence-electron chi connectivity index (χ3n) is 5.13. The number of aliphatic imine (C=N–C) groups is 1. The Labute approximate surface area is 183 Å². The second-order valence-electron chi connectivity index (χ2n) is 7.51. The predicted octanol–water partition coefficient (Wildman–Crippen LogP) is 2.94. The van der Waals surface area contributed by atoms with Gasteiger partial charge in [-0.1, -0.05) is 18.2 Å². The van der Waals surface area contributed by atoms with Gasteiger partial charge in [0, 0.05) is 45.4 Å². The maximum absolute atomic E-state index is 11.3. The Bertz CT molecular complexity index is 885. The van der Waals surface area contributed by atoms with E-state index in [1.807, 2.05) is 43.3 Å². The number of nitrogens with two attached hydrogens (primary N) is 1. The number of guanidine groups is 1. The predicted molar refractivity (Wildman–Crippen MR) is 120 cm³/mol. The van der Waals surface area contributed by atoms with Crippen molar-refractivity contribution >= 4 is 11.9 Å². The van der Waals surface area contributed by atoms with Crippen LogP contribution < -0.4 is 20.5 Å². The minimum absolute atomic E-state index is 0.243. The molecule has 1 fully saturated rings. The minimum atomic E-state index is -0.243. The van der Waals surface area contributed by atoms with Gasteiger partial charge >= 0.3 is 0 Å². The Morgan fingerprint density at radius 2 is 2.10 bits per heavy atom. The van der Waals surface area contributed by atoms with Crippen LogP contribution in [0.15, 0.2) is 47.6 Å². The summed E-state index contributed by atoms with van der Waals surface area (Å²) in [7, 11) is 1.77. The summed E-state index contributed by atoms with van der Waals surface area (Å²) in [5.74, 6) is 2.69. The van der Waals surface area contributed by atoms with E-state index in [0.29, 0.717) is 37.0 Å². The van der Waals surface area contributed by atoms with E-state index < -0.39 is 0 Å². The van der Waals surface area contributed by atoms with Crippen LogP contribution >= 0.6 is 0 Å². The smallest absolute Gasteiger partial charge is 0.219 e. The molecule has 1 aliphatic heterocycles. The number of carbonyl (C=O) groups is 1. The van der Waals surface area contributed by atoms with Crippen molar-refractivity contribution in [2.24, 2.45) is 16.6 Å². The number of rotatable bonds is 8. The van der Waals surface area contributed by atoms with E-state index in [9.17, 15) is 4.79 Å². The number of benzene rings is 1. The number of primary amides is 1. The van der Waals surface area contributed by atoms with Gasteiger partial charge in [0.1, 0.15) is 0 Å². The van der Waals surface area contributed by atoms with Crippen molar-refractivity contribution in [1.82, 2.24) is 15.2 Å². The van der Waals surface area contributed by atoms with Crippen molar-refractivity contribution in [1.29, 1.82) is 0 Å². The van der Waals surface area contributed by atoms with Crippen LogP contribution in [0.25, 0.3) is 0 Å². The lowest BCUT2D eigenvalue weighted by Crippen LogP contribution is -2.46. The van der Waals surface area contributed by atoms with Gasteiger partial charge in [-0.3, -0.25) is 9.79 Å². The minimum Gasteiger partial charge on any atom is -0.490 e. The molecule has 2 aromatic rings. The van der Waals surface area contributed by atoms with Gasteiger partial charge in [0.25, 0.3) is 0 Å². The third-order valence-corrected chi connectivity index (χ3v) is 5.13. The highest BCUT2D eigenvalue weighted by molar-refractivity contribution is 5.80. The van der Waals surface area contributed by atoms with E-state index in [2.05, 4.69) is 20.2 Å². The van der Waals surface area contributed by atoms with Crippen LogP contribution in [0.3, 0.4) is 0 Å². The number of aromatic nitrogens is 1. The zero-order valence-electron chi connectivity index (χ0n) is 18.2. The van der Waals surface area contributed by atoms with E-state index in [-0.39, 0.29) is 11.8 Å². The Hall–Kier alpha value is -3.29. The molecule has 3 N–H and O–H groups in total. The quantitative estimate of drug-likeness (QED) is 0.498. The van der Waals surface area contributed by atoms with E-state index in [0.717, 1.165) is 37.5 Å². The molecular weight excluding hydrogens is 394 g/mol. The van der Waals surface area contributed by atoms with E-state index in [1.165, 1.54) is 0 Å². The number of para-hydroxylation sites is 2. The summed E-state index contributed by atoms with van der Waals surface area (Å²) in [5, 5.41) is 3.38. The lowest BCUT2D eigenvalue weighted by Gasteiger charge is -2.34. The number of hydrogen-bond donors (Lipinski definition) is 2. The van der Waals surface area contributed by atoms with Gasteiger partial charge in [-0.15, -0.1) is 0 Å². The number of hydrogen-bond acceptors (Lipinski definition) is 5. The Balaban J connectivity index is 1.55. The van der Waals surface area contributed by atoms with Crippen LogP contribution in [-0.4, -0.2) is 48.5 Å². The van der Waals surface area contributed by atoms with Crippen molar-refractivity contribution < 1.29 is 14.3 Å². The molecule has 0 spiro atoms. The van der Waals surface area contributed by atoms with E-state index in [1.54, 1.807) is 13.2 Å². The van der Waals surface area contributed by atoms with Gasteiger partial charge in [0.15, 0.2) is 17.5 Å². The monoisotopic (exact) mass is 425 g/mol. The second kappa shape index (κ2) is 11.2. The molecule has 8 heteroatoms. The molecule has 1 unspecified atom stereocenters. The molecular formula is C23H31N5O3. The van der Waals surface area contributed by atoms with Gasteiger partial charge < -0.3 is 25.4 Å². The number of nitrogens with zero attached hydrogens (tertiary/aromatic N) is 3. The summed E-state index contributed by atoms with van der Waals surface area (Å²) in [6.07, 6.45) is 4.25. The fourth-order valence-electron chi connectivity index (χ4n) is 3.72. The molecule has 2 heterocycles. The molecule has 0 radical (unpaired) electrons. The first-order valence-electron chi connectivity index (χ1n) is 10.7. The highest BCUT2D eigenvalue weighted by Crippen LogP contribution is 2.30. The van der Waals surface area contributed by atoms with Crippen LogP contribution in [0, 0.1) is 5.92 Å². The topological polar surface area (TPSA) is 102 Å². The number of likely N-dealkylation sites (tertiary alicyclic amines) is 1. The molecule has 1 aliphatic rings. The Morgan fingerprint density at radius 3 is 2.77 bits per heavy atom. The van der Waals surface area contributed by atoms with Crippen LogP contribution in [0.4, 0.5) is 0 Å². The molecule has 8 nitrogen and oxygen atoms in total. The van der Waals surface area contributed by atoms with Crippen molar-refractivity contribution in [3.63, 3.8) is 0 Å². The summed E-state index contributed by atoms with van der Waals surface area (Å²) in [6.45, 7) is 4.80. The molecule has 0 saturated carbocycles. The molecule has 1 saturated heterocycles. The third kappa shape index (κ3) is 6.60. The summed E-state index contributed by atoms with van der Waals surface area (Å²) in [5.41, 5.74) is 6.38. The molecule has 3 rings (SSSR count). The number of pyridine rings is 1. The van der Waals surface area contributed by atoms with Gasteiger partial charge in [-0.05, 0) is 43.4 Å². The summed E-state index contributed by atoms with van der Waals surface area (Å²) in [6, 6.07) is 11.3. The van der Waals surface area contributed by atoms with E-state index >= 15 is 0 Å². The average Bonchev–Trinajstić information content (AvgIpc) is 2.77. The summed E-state index contributed by atoms with van der Waals surface area (Å²) < 4.78 is 11.5. The van der Waals surface area contributed by atoms with Gasteiger partial charge in [0.2, 0.25) is 11.8 Å². The van der Waals surface area contributed by atoms with E-state index in [4.69, 9.17) is 15.2 Å². The highest BCUT2D eigenvalue weighted by Gasteiger charge is 2.23. The Morgan fingerprint density at radius 1 is 1.29 bits per heavy atom. The molecule has 31 heavy (non-hydrogen) atoms. The standard InChI is InChI=1S/C23H31N5O3/c1-3-30-19-8-4-5-9-20(19)31-22-11-10-18(14-26-22)15-27-23(25-2)28-12-6-7-17(16-28)13-21(24)29/h4-5,8-11,14,17H,3,6-7,12-13,15-16H2,1-2H3,(H2,24,29)(H,25,27). The van der Waals surface area contributed by atoms with Crippen LogP contribution in [0.2, 0.25) is 0 Å². The highest BCUT2D eigenvalue weighted by atomic mass is 16.5. The lowest BCUT2D eigenvalue weighted by atomic mass is 9.95. The first-order valence-corrected chi connectivity index (χ1v) is 10.7. The van der Waals surface area contributed by atoms with Crippen molar-refractivity contribution in [2.75, 3.05) is 26.7 Å². The molecule has 1 aromatic carbocycles. The van der Waals surface area contributed by atoms with Crippen LogP contribution in [-0.2, 0) is 11.3 Å². The maximum Gasteiger partial charge on any atom is 0.219 e. The number of piperidine rings is 1. The van der Waals surface area contributed by atoms with Gasteiger partial charge in [0.05, 0.1) is 6.61 Å². The Kier molecular flexibility index (Phi) is 8.09. The maximum atomic E-state index is 11.3. The van der Waals surface area contributed by atoms with Crippen molar-refractivity contribution in [2.45, 2.75) is 32.7 Å². The van der Waals surface area contributed by atoms with Crippen molar-refractivity contribution in [3.8, 4) is 17.4 Å². The lowest BCUT2D eigenvalue weighted by molar-refractivity contribution is -0.119. The zero-order chi connectivity index (χ0) is 22.1.